The molecule has 0 atom stereocenters. The number of nitrogens with one attached hydrogen (secondary N) is 1. The summed E-state index contributed by atoms with van der Waals surface area (Å²) < 4.78 is 18.5. The number of anilines is 1. The lowest BCUT2D eigenvalue weighted by molar-refractivity contribution is 0.0624. The first-order chi connectivity index (χ1) is 19.6. The van der Waals surface area contributed by atoms with Crippen molar-refractivity contribution >= 4 is 28.1 Å². The number of piperazine rings is 1. The Hall–Kier alpha value is -4.06. The molecule has 6 rings (SSSR count). The fraction of sp³-hybridized carbons (Fsp3) is 0.379. The van der Waals surface area contributed by atoms with Crippen molar-refractivity contribution in [2.45, 2.75) is 13.2 Å². The Labute approximate surface area is 232 Å². The van der Waals surface area contributed by atoms with E-state index in [-0.39, 0.29) is 0 Å². The van der Waals surface area contributed by atoms with Crippen LogP contribution in [0.3, 0.4) is 0 Å². The number of aromatic amines is 1. The predicted molar refractivity (Wildman–Crippen MR) is 155 cm³/mol. The van der Waals surface area contributed by atoms with E-state index >= 15 is 0 Å². The Morgan fingerprint density at radius 1 is 0.825 bits per heavy atom. The maximum Gasteiger partial charge on any atom is 0.180 e. The molecule has 208 valence electrons. The molecule has 1 saturated heterocycles. The molecule has 1 aliphatic rings. The van der Waals surface area contributed by atoms with Crippen molar-refractivity contribution in [1.29, 1.82) is 0 Å². The second kappa shape index (κ2) is 11.6. The van der Waals surface area contributed by atoms with Crippen molar-refractivity contribution in [3.05, 3.63) is 48.5 Å². The number of hydrogen-bond donors (Lipinski definition) is 1. The van der Waals surface area contributed by atoms with Crippen LogP contribution in [0.4, 0.5) is 5.82 Å². The van der Waals surface area contributed by atoms with Crippen molar-refractivity contribution in [2.24, 2.45) is 0 Å². The molecule has 0 bridgehead atoms. The molecule has 0 radical (unpaired) electrons. The summed E-state index contributed by atoms with van der Waals surface area (Å²) in [6.07, 6.45) is 0.819. The number of fused-ring (bicyclic) bond motifs is 2. The summed E-state index contributed by atoms with van der Waals surface area (Å²) in [5, 5.41) is 0. The normalized spacial score (nSPS) is 14.4. The molecule has 0 spiro atoms. The van der Waals surface area contributed by atoms with E-state index in [0.29, 0.717) is 42.8 Å². The third-order valence-electron chi connectivity index (χ3n) is 7.22. The molecule has 1 aliphatic heterocycles. The molecule has 4 aromatic heterocycles. The summed E-state index contributed by atoms with van der Waals surface area (Å²) in [6.45, 7) is 5.57. The molecule has 0 saturated carbocycles. The van der Waals surface area contributed by atoms with Gasteiger partial charge in [-0.3, -0.25) is 4.57 Å². The van der Waals surface area contributed by atoms with E-state index in [2.05, 4.69) is 27.9 Å². The third kappa shape index (κ3) is 5.35. The Morgan fingerprint density at radius 2 is 1.65 bits per heavy atom. The second-order valence-corrected chi connectivity index (χ2v) is 9.93. The van der Waals surface area contributed by atoms with Gasteiger partial charge in [0.25, 0.3) is 0 Å². The number of pyridine rings is 2. The number of benzene rings is 1. The van der Waals surface area contributed by atoms with Crippen LogP contribution >= 0.6 is 0 Å². The van der Waals surface area contributed by atoms with Crippen LogP contribution in [0.25, 0.3) is 45.2 Å². The molecule has 11 heteroatoms. The molecule has 1 aromatic carbocycles. The summed E-state index contributed by atoms with van der Waals surface area (Å²) in [4.78, 5) is 27.5. The molecule has 1 N–H and O–H groups in total. The van der Waals surface area contributed by atoms with Crippen molar-refractivity contribution in [3.8, 4) is 28.7 Å². The van der Waals surface area contributed by atoms with Crippen molar-refractivity contribution in [3.63, 3.8) is 0 Å². The minimum absolute atomic E-state index is 0.353. The minimum Gasteiger partial charge on any atom is -0.497 e. The van der Waals surface area contributed by atoms with E-state index in [1.807, 2.05) is 47.0 Å². The van der Waals surface area contributed by atoms with Gasteiger partial charge in [0.2, 0.25) is 0 Å². The van der Waals surface area contributed by atoms with Crippen LogP contribution in [-0.4, -0.2) is 95.0 Å². The zero-order valence-corrected chi connectivity index (χ0v) is 23.1. The summed E-state index contributed by atoms with van der Waals surface area (Å²) in [7, 11) is 5.50. The van der Waals surface area contributed by atoms with E-state index in [1.165, 1.54) is 0 Å². The van der Waals surface area contributed by atoms with Crippen LogP contribution in [0.2, 0.25) is 0 Å². The number of likely N-dealkylation sites (N-methyl/N-ethyl adjacent to an activating group) is 1. The Bertz CT molecular complexity index is 1590. The Kier molecular flexibility index (Phi) is 7.58. The Morgan fingerprint density at radius 3 is 2.42 bits per heavy atom. The number of hydrogen-bond acceptors (Lipinski definition) is 9. The largest absolute Gasteiger partial charge is 0.497 e. The van der Waals surface area contributed by atoms with Gasteiger partial charge in [0.05, 0.1) is 24.8 Å². The number of H-pyrrole nitrogens is 1. The van der Waals surface area contributed by atoms with Crippen molar-refractivity contribution in [2.75, 3.05) is 65.6 Å². The topological polar surface area (TPSA) is 106 Å². The van der Waals surface area contributed by atoms with Gasteiger partial charge in [0.15, 0.2) is 17.1 Å². The predicted octanol–water partition coefficient (Wildman–Crippen LogP) is 3.81. The monoisotopic (exact) mass is 542 g/mol. The van der Waals surface area contributed by atoms with Crippen LogP contribution in [0.5, 0.6) is 5.75 Å². The van der Waals surface area contributed by atoms with Crippen LogP contribution in [0.15, 0.2) is 48.5 Å². The first-order valence-electron chi connectivity index (χ1n) is 13.5. The molecule has 11 nitrogen and oxygen atoms in total. The number of aromatic nitrogens is 6. The fourth-order valence-corrected chi connectivity index (χ4v) is 4.91. The molecule has 40 heavy (non-hydrogen) atoms. The lowest BCUT2D eigenvalue weighted by Gasteiger charge is -2.33. The maximum atomic E-state index is 5.97. The maximum absolute atomic E-state index is 5.97. The first-order valence-corrected chi connectivity index (χ1v) is 13.5. The van der Waals surface area contributed by atoms with E-state index in [1.54, 1.807) is 14.2 Å². The van der Waals surface area contributed by atoms with Crippen LogP contribution in [0, 0.1) is 0 Å². The Balaban J connectivity index is 1.32. The number of ether oxygens (including phenoxy) is 3. The van der Waals surface area contributed by atoms with Gasteiger partial charge in [0, 0.05) is 45.5 Å². The van der Waals surface area contributed by atoms with Gasteiger partial charge < -0.3 is 29.0 Å². The summed E-state index contributed by atoms with van der Waals surface area (Å²) >= 11 is 0. The first kappa shape index (κ1) is 26.2. The molecule has 5 heterocycles. The standard InChI is InChI=1S/C29H34N8O3/c1-35-13-15-36(16-14-35)25-12-10-23-27(32-25)33-26(30-23)22-9-11-24-28(31-22)34-29(20-5-7-21(39-3)8-6-20)37(24)19-40-18-4-17-38-2/h5-12H,4,13-19H2,1-3H3,(H,30,32,33). The van der Waals surface area contributed by atoms with Gasteiger partial charge in [-0.2, -0.15) is 0 Å². The smallest absolute Gasteiger partial charge is 0.180 e. The highest BCUT2D eigenvalue weighted by atomic mass is 16.5. The zero-order chi connectivity index (χ0) is 27.5. The molecule has 1 fully saturated rings. The van der Waals surface area contributed by atoms with E-state index in [0.717, 1.165) is 66.6 Å². The van der Waals surface area contributed by atoms with E-state index in [9.17, 15) is 0 Å². The molecule has 0 amide bonds. The van der Waals surface area contributed by atoms with Gasteiger partial charge in [-0.15, -0.1) is 0 Å². The average Bonchev–Trinajstić information content (AvgIpc) is 3.58. The van der Waals surface area contributed by atoms with E-state index < -0.39 is 0 Å². The van der Waals surface area contributed by atoms with Crippen LogP contribution in [-0.2, 0) is 16.2 Å². The summed E-state index contributed by atoms with van der Waals surface area (Å²) in [6, 6.07) is 15.9. The minimum atomic E-state index is 0.353. The molecule has 0 unspecified atom stereocenters. The highest BCUT2D eigenvalue weighted by Gasteiger charge is 2.19. The summed E-state index contributed by atoms with van der Waals surface area (Å²) in [5.41, 5.74) is 4.72. The SMILES string of the molecule is COCCCOCn1c(-c2ccc(OC)cc2)nc2nc(-c3nc4nc(N5CCN(C)CC5)ccc4[nH]3)ccc21. The van der Waals surface area contributed by atoms with Gasteiger partial charge >= 0.3 is 0 Å². The van der Waals surface area contributed by atoms with Crippen molar-refractivity contribution in [1.82, 2.24) is 34.4 Å². The van der Waals surface area contributed by atoms with Crippen LogP contribution < -0.4 is 9.64 Å². The lowest BCUT2D eigenvalue weighted by Crippen LogP contribution is -2.44. The second-order valence-electron chi connectivity index (χ2n) is 9.93. The third-order valence-corrected chi connectivity index (χ3v) is 7.22. The number of methoxy groups -OCH3 is 2. The summed E-state index contributed by atoms with van der Waals surface area (Å²) in [5.74, 6) is 3.18. The highest BCUT2D eigenvalue weighted by molar-refractivity contribution is 5.82. The average molecular weight is 543 g/mol. The van der Waals surface area contributed by atoms with Gasteiger partial charge in [-0.25, -0.2) is 19.9 Å². The number of nitrogens with zero attached hydrogens (tertiary/aromatic N) is 7. The molecular formula is C29H34N8O3. The highest BCUT2D eigenvalue weighted by Crippen LogP contribution is 2.28. The van der Waals surface area contributed by atoms with Crippen molar-refractivity contribution < 1.29 is 14.2 Å². The fourth-order valence-electron chi connectivity index (χ4n) is 4.91. The van der Waals surface area contributed by atoms with Gasteiger partial charge in [-0.05, 0) is 62.0 Å². The quantitative estimate of drug-likeness (QED) is 0.264. The number of rotatable bonds is 10. The number of imidazole rings is 2. The van der Waals surface area contributed by atoms with Crippen LogP contribution in [0.1, 0.15) is 6.42 Å². The van der Waals surface area contributed by atoms with Gasteiger partial charge in [-0.1, -0.05) is 0 Å². The molecular weight excluding hydrogens is 508 g/mol. The lowest BCUT2D eigenvalue weighted by atomic mass is 10.2. The van der Waals surface area contributed by atoms with Gasteiger partial charge in [0.1, 0.15) is 29.8 Å². The zero-order valence-electron chi connectivity index (χ0n) is 23.1. The van der Waals surface area contributed by atoms with E-state index in [4.69, 9.17) is 34.1 Å². The molecule has 0 aliphatic carbocycles. The molecule has 5 aromatic rings.